The van der Waals surface area contributed by atoms with Gasteiger partial charge in [0.05, 0.1) is 0 Å². The number of amides is 1. The van der Waals surface area contributed by atoms with Gasteiger partial charge in [-0.25, -0.2) is 0 Å². The summed E-state index contributed by atoms with van der Waals surface area (Å²) in [6, 6.07) is 0.405. The van der Waals surface area contributed by atoms with Gasteiger partial charge in [0.2, 0.25) is 5.91 Å². The Kier molecular flexibility index (Phi) is 3.99. The molecule has 1 amide bonds. The zero-order valence-electron chi connectivity index (χ0n) is 11.8. The minimum absolute atomic E-state index is 0.0422. The number of nitrogens with two attached hydrogens (primary N) is 1. The molecule has 0 radical (unpaired) electrons. The summed E-state index contributed by atoms with van der Waals surface area (Å²) in [5, 5.41) is 12.0. The maximum atomic E-state index is 12.7. The number of rotatable bonds is 3. The van der Waals surface area contributed by atoms with Crippen LogP contribution in [0.2, 0.25) is 0 Å². The van der Waals surface area contributed by atoms with Crippen LogP contribution in [0.15, 0.2) is 5.16 Å². The van der Waals surface area contributed by atoms with E-state index < -0.39 is 5.41 Å². The summed E-state index contributed by atoms with van der Waals surface area (Å²) in [5.74, 6) is 0.122. The lowest BCUT2D eigenvalue weighted by molar-refractivity contribution is -0.144. The number of amidine groups is 1. The van der Waals surface area contributed by atoms with E-state index in [9.17, 15) is 4.79 Å². The number of likely N-dealkylation sites (tertiary alicyclic amines) is 1. The van der Waals surface area contributed by atoms with Gasteiger partial charge in [-0.05, 0) is 39.8 Å². The molecule has 0 spiro atoms. The second kappa shape index (κ2) is 5.36. The van der Waals surface area contributed by atoms with Crippen molar-refractivity contribution in [3.63, 3.8) is 0 Å². The zero-order valence-corrected chi connectivity index (χ0v) is 11.8. The lowest BCUT2D eigenvalue weighted by Gasteiger charge is -2.45. The highest BCUT2D eigenvalue weighted by Gasteiger charge is 2.50. The van der Waals surface area contributed by atoms with Crippen LogP contribution in [0.5, 0.6) is 0 Å². The average molecular weight is 268 g/mol. The van der Waals surface area contributed by atoms with E-state index >= 15 is 0 Å². The third-order valence-electron chi connectivity index (χ3n) is 4.63. The van der Waals surface area contributed by atoms with Crippen molar-refractivity contribution in [1.29, 1.82) is 0 Å². The van der Waals surface area contributed by atoms with E-state index in [-0.39, 0.29) is 11.7 Å². The summed E-state index contributed by atoms with van der Waals surface area (Å²) in [5.41, 5.74) is 5.02. The molecule has 6 heteroatoms. The van der Waals surface area contributed by atoms with Crippen LogP contribution in [0.25, 0.3) is 0 Å². The molecule has 2 fully saturated rings. The van der Waals surface area contributed by atoms with Crippen molar-refractivity contribution in [3.05, 3.63) is 0 Å². The Morgan fingerprint density at radius 3 is 2.58 bits per heavy atom. The molecule has 0 bridgehead atoms. The molecule has 3 N–H and O–H groups in total. The first-order chi connectivity index (χ1) is 9.01. The van der Waals surface area contributed by atoms with Gasteiger partial charge in [0.1, 0.15) is 5.41 Å². The highest BCUT2D eigenvalue weighted by atomic mass is 16.4. The maximum Gasteiger partial charge on any atom is 0.236 e. The van der Waals surface area contributed by atoms with Crippen LogP contribution in [-0.2, 0) is 4.79 Å². The van der Waals surface area contributed by atoms with Crippen LogP contribution in [0, 0.1) is 5.41 Å². The Bertz CT molecular complexity index is 377. The van der Waals surface area contributed by atoms with E-state index in [2.05, 4.69) is 10.1 Å². The van der Waals surface area contributed by atoms with Crippen LogP contribution < -0.4 is 5.73 Å². The first-order valence-corrected chi connectivity index (χ1v) is 6.95. The van der Waals surface area contributed by atoms with E-state index in [1.165, 1.54) is 0 Å². The summed E-state index contributed by atoms with van der Waals surface area (Å²) in [6.45, 7) is 1.52. The Labute approximate surface area is 114 Å². The molecule has 1 unspecified atom stereocenters. The van der Waals surface area contributed by atoms with Gasteiger partial charge in [-0.3, -0.25) is 4.79 Å². The van der Waals surface area contributed by atoms with E-state index in [0.29, 0.717) is 18.9 Å². The van der Waals surface area contributed by atoms with Gasteiger partial charge in [-0.1, -0.05) is 11.6 Å². The number of carbonyl (C=O) groups is 1. The molecule has 1 aliphatic heterocycles. The van der Waals surface area contributed by atoms with Crippen LogP contribution in [0.1, 0.15) is 32.1 Å². The predicted octanol–water partition coefficient (Wildman–Crippen LogP) is 0.456. The fraction of sp³-hybridized carbons (Fsp3) is 0.846. The summed E-state index contributed by atoms with van der Waals surface area (Å²) in [4.78, 5) is 16.8. The third-order valence-corrected chi connectivity index (χ3v) is 4.63. The number of nitrogens with zero attached hydrogens (tertiary/aromatic N) is 3. The Morgan fingerprint density at radius 2 is 2.11 bits per heavy atom. The fourth-order valence-corrected chi connectivity index (χ4v) is 3.07. The normalized spacial score (nSPS) is 27.2. The molecule has 1 heterocycles. The maximum absolute atomic E-state index is 12.7. The third kappa shape index (κ3) is 2.41. The van der Waals surface area contributed by atoms with Gasteiger partial charge in [0.25, 0.3) is 0 Å². The minimum atomic E-state index is -0.733. The van der Waals surface area contributed by atoms with Gasteiger partial charge in [-0.2, -0.15) is 0 Å². The van der Waals surface area contributed by atoms with Crippen molar-refractivity contribution in [3.8, 4) is 0 Å². The number of hydrogen-bond acceptors (Lipinski definition) is 4. The summed E-state index contributed by atoms with van der Waals surface area (Å²) in [6.07, 6.45) is 4.50. The summed E-state index contributed by atoms with van der Waals surface area (Å²) in [7, 11) is 4.09. The van der Waals surface area contributed by atoms with Crippen LogP contribution in [0.4, 0.5) is 0 Å². The number of likely N-dealkylation sites (N-methyl/N-ethyl adjacent to an activating group) is 1. The number of carbonyl (C=O) groups excluding carboxylic acids is 1. The molecule has 1 aliphatic carbocycles. The standard InChI is InChI=1S/C13H24N4O2/c1-16(2)10-5-3-8-17(9-10)12(18)13(6-4-7-13)11(14)15-19/h10,19H,3-9H2,1-2H3,(H2,14,15). The highest BCUT2D eigenvalue weighted by molar-refractivity contribution is 6.07. The average Bonchev–Trinajstić information content (AvgIpc) is 2.37. The minimum Gasteiger partial charge on any atom is -0.409 e. The topological polar surface area (TPSA) is 82.2 Å². The van der Waals surface area contributed by atoms with Crippen LogP contribution in [-0.4, -0.2) is 60.0 Å². The van der Waals surface area contributed by atoms with Gasteiger partial charge < -0.3 is 20.7 Å². The highest BCUT2D eigenvalue weighted by Crippen LogP contribution is 2.43. The van der Waals surface area contributed by atoms with Crippen molar-refractivity contribution in [2.24, 2.45) is 16.3 Å². The molecule has 6 nitrogen and oxygen atoms in total. The molecule has 2 aliphatic rings. The SMILES string of the molecule is CN(C)C1CCCN(C(=O)C2(C(N)=NO)CCC2)C1. The molecule has 0 aromatic rings. The summed E-state index contributed by atoms with van der Waals surface area (Å²) < 4.78 is 0. The molecule has 1 saturated carbocycles. The first kappa shape index (κ1) is 14.1. The van der Waals surface area contributed by atoms with Gasteiger partial charge in [0, 0.05) is 19.1 Å². The van der Waals surface area contributed by atoms with Gasteiger partial charge in [0.15, 0.2) is 5.84 Å². The van der Waals surface area contributed by atoms with E-state index in [1.54, 1.807) is 0 Å². The van der Waals surface area contributed by atoms with Crippen LogP contribution >= 0.6 is 0 Å². The molecule has 1 atom stereocenters. The van der Waals surface area contributed by atoms with Crippen molar-refractivity contribution in [2.45, 2.75) is 38.1 Å². The number of piperidine rings is 1. The molecular formula is C13H24N4O2. The molecule has 0 aromatic carbocycles. The first-order valence-electron chi connectivity index (χ1n) is 6.95. The van der Waals surface area contributed by atoms with E-state index in [4.69, 9.17) is 10.9 Å². The lowest BCUT2D eigenvalue weighted by atomic mass is 9.66. The molecule has 108 valence electrons. The predicted molar refractivity (Wildman–Crippen MR) is 73.0 cm³/mol. The van der Waals surface area contributed by atoms with Gasteiger partial charge in [-0.15, -0.1) is 0 Å². The fourth-order valence-electron chi connectivity index (χ4n) is 3.07. The second-order valence-corrected chi connectivity index (χ2v) is 5.93. The second-order valence-electron chi connectivity index (χ2n) is 5.93. The van der Waals surface area contributed by atoms with Crippen molar-refractivity contribution < 1.29 is 10.0 Å². The summed E-state index contributed by atoms with van der Waals surface area (Å²) >= 11 is 0. The number of hydrogen-bond donors (Lipinski definition) is 2. The lowest BCUT2D eigenvalue weighted by Crippen LogP contribution is -2.58. The zero-order chi connectivity index (χ0) is 14.0. The van der Waals surface area contributed by atoms with E-state index in [0.717, 1.165) is 32.4 Å². The van der Waals surface area contributed by atoms with Crippen LogP contribution in [0.3, 0.4) is 0 Å². The van der Waals surface area contributed by atoms with Crippen molar-refractivity contribution in [2.75, 3.05) is 27.2 Å². The number of oxime groups is 1. The Morgan fingerprint density at radius 1 is 1.42 bits per heavy atom. The Balaban J connectivity index is 2.10. The smallest absolute Gasteiger partial charge is 0.236 e. The molecular weight excluding hydrogens is 244 g/mol. The monoisotopic (exact) mass is 268 g/mol. The molecule has 1 saturated heterocycles. The van der Waals surface area contributed by atoms with Crippen molar-refractivity contribution >= 4 is 11.7 Å². The largest absolute Gasteiger partial charge is 0.409 e. The molecule has 0 aromatic heterocycles. The van der Waals surface area contributed by atoms with E-state index in [1.807, 2.05) is 19.0 Å². The van der Waals surface area contributed by atoms with Crippen molar-refractivity contribution in [1.82, 2.24) is 9.80 Å². The quantitative estimate of drug-likeness (QED) is 0.337. The Hall–Kier alpha value is -1.30. The molecule has 2 rings (SSSR count). The van der Waals surface area contributed by atoms with Gasteiger partial charge >= 0.3 is 0 Å². The molecule has 19 heavy (non-hydrogen) atoms.